The van der Waals surface area contributed by atoms with E-state index in [1.54, 1.807) is 12.1 Å². The van der Waals surface area contributed by atoms with Gasteiger partial charge in [-0.2, -0.15) is 0 Å². The number of fused-ring (bicyclic) bond motifs is 1. The summed E-state index contributed by atoms with van der Waals surface area (Å²) in [5.41, 5.74) is 4.39. The van der Waals surface area contributed by atoms with Gasteiger partial charge < -0.3 is 10.6 Å². The van der Waals surface area contributed by atoms with Gasteiger partial charge in [0.15, 0.2) is 5.13 Å². The van der Waals surface area contributed by atoms with Crippen molar-refractivity contribution in [2.75, 3.05) is 11.9 Å². The maximum atomic E-state index is 12.5. The predicted octanol–water partition coefficient (Wildman–Crippen LogP) is 4.33. The van der Waals surface area contributed by atoms with Crippen molar-refractivity contribution in [1.29, 1.82) is 0 Å². The maximum Gasteiger partial charge on any atom is 0.261 e. The normalized spacial score (nSPS) is 13.5. The Balaban J connectivity index is 1.28. The van der Waals surface area contributed by atoms with E-state index in [9.17, 15) is 19.2 Å². The van der Waals surface area contributed by atoms with Gasteiger partial charge in [-0.25, -0.2) is 4.98 Å². The molecule has 1 aromatic heterocycles. The number of aromatic nitrogens is 1. The summed E-state index contributed by atoms with van der Waals surface area (Å²) in [6.07, 6.45) is 0.527. The molecule has 35 heavy (non-hydrogen) atoms. The minimum absolute atomic E-state index is 0.0831. The number of nitrogens with one attached hydrogen (secondary N) is 2. The average Bonchev–Trinajstić information content (AvgIpc) is 3.37. The molecule has 9 heteroatoms. The highest BCUT2D eigenvalue weighted by Gasteiger charge is 2.35. The first-order chi connectivity index (χ1) is 16.7. The van der Waals surface area contributed by atoms with Crippen LogP contribution in [0.15, 0.2) is 47.8 Å². The highest BCUT2D eigenvalue weighted by molar-refractivity contribution is 7.14. The fourth-order valence-corrected chi connectivity index (χ4v) is 4.72. The molecule has 2 N–H and O–H groups in total. The fraction of sp³-hybridized carbons (Fsp3) is 0.269. The molecular formula is C26H26N4O4S. The summed E-state index contributed by atoms with van der Waals surface area (Å²) in [6.45, 7) is 5.47. The van der Waals surface area contributed by atoms with E-state index in [0.717, 1.165) is 22.4 Å². The van der Waals surface area contributed by atoms with Crippen molar-refractivity contribution in [2.24, 2.45) is 0 Å². The average molecular weight is 491 g/mol. The number of benzene rings is 2. The van der Waals surface area contributed by atoms with E-state index in [0.29, 0.717) is 22.7 Å². The van der Waals surface area contributed by atoms with Crippen molar-refractivity contribution in [1.82, 2.24) is 15.2 Å². The summed E-state index contributed by atoms with van der Waals surface area (Å²) in [5.74, 6) is -0.929. The van der Waals surface area contributed by atoms with Gasteiger partial charge in [0.1, 0.15) is 0 Å². The van der Waals surface area contributed by atoms with Crippen LogP contribution < -0.4 is 10.6 Å². The number of anilines is 1. The van der Waals surface area contributed by atoms with Crippen LogP contribution in [0.5, 0.6) is 0 Å². The zero-order chi connectivity index (χ0) is 25.1. The number of rotatable bonds is 8. The molecule has 0 fully saturated rings. The van der Waals surface area contributed by atoms with Gasteiger partial charge in [0.05, 0.1) is 22.9 Å². The van der Waals surface area contributed by atoms with Crippen LogP contribution in [0.3, 0.4) is 0 Å². The molecule has 0 aliphatic carbocycles. The molecule has 1 atom stereocenters. The Labute approximate surface area is 207 Å². The van der Waals surface area contributed by atoms with Crippen LogP contribution >= 0.6 is 11.3 Å². The molecule has 0 saturated heterocycles. The first-order valence-electron chi connectivity index (χ1n) is 11.3. The molecule has 1 aliphatic heterocycles. The molecule has 3 aromatic rings. The molecule has 180 valence electrons. The summed E-state index contributed by atoms with van der Waals surface area (Å²) in [6, 6.07) is 12.9. The van der Waals surface area contributed by atoms with Crippen LogP contribution in [-0.4, -0.2) is 40.1 Å². The third-order valence-corrected chi connectivity index (χ3v) is 6.55. The second-order valence-electron chi connectivity index (χ2n) is 8.54. The van der Waals surface area contributed by atoms with E-state index in [4.69, 9.17) is 0 Å². The van der Waals surface area contributed by atoms with E-state index < -0.39 is 0 Å². The second kappa shape index (κ2) is 10.2. The molecule has 1 aliphatic rings. The number of imide groups is 1. The number of thiazole rings is 1. The van der Waals surface area contributed by atoms with Crippen LogP contribution in [0, 0.1) is 6.92 Å². The van der Waals surface area contributed by atoms with Gasteiger partial charge in [-0.15, -0.1) is 11.3 Å². The fourth-order valence-electron chi connectivity index (χ4n) is 3.98. The Morgan fingerprint density at radius 1 is 1.06 bits per heavy atom. The quantitative estimate of drug-likeness (QED) is 0.457. The molecule has 2 heterocycles. The molecule has 4 rings (SSSR count). The highest BCUT2D eigenvalue weighted by atomic mass is 32.1. The topological polar surface area (TPSA) is 108 Å². The lowest BCUT2D eigenvalue weighted by Gasteiger charge is -2.13. The number of aryl methyl sites for hydroxylation is 1. The molecule has 4 amide bonds. The molecule has 2 aromatic carbocycles. The number of carbonyl (C=O) groups is 4. The van der Waals surface area contributed by atoms with E-state index in [2.05, 4.69) is 15.6 Å². The minimum Gasteiger partial charge on any atom is -0.350 e. The maximum absolute atomic E-state index is 12.5. The van der Waals surface area contributed by atoms with E-state index in [1.165, 1.54) is 23.2 Å². The smallest absolute Gasteiger partial charge is 0.261 e. The summed E-state index contributed by atoms with van der Waals surface area (Å²) in [7, 11) is 0. The lowest BCUT2D eigenvalue weighted by atomic mass is 10.1. The van der Waals surface area contributed by atoms with Crippen LogP contribution in [-0.2, 0) is 9.59 Å². The van der Waals surface area contributed by atoms with E-state index in [1.807, 2.05) is 49.6 Å². The summed E-state index contributed by atoms with van der Waals surface area (Å²) in [5, 5.41) is 7.99. The lowest BCUT2D eigenvalue weighted by Crippen LogP contribution is -2.31. The van der Waals surface area contributed by atoms with Gasteiger partial charge in [-0.05, 0) is 38.0 Å². The van der Waals surface area contributed by atoms with Crippen molar-refractivity contribution < 1.29 is 19.2 Å². The third kappa shape index (κ3) is 5.46. The Morgan fingerprint density at radius 2 is 1.77 bits per heavy atom. The Morgan fingerprint density at radius 3 is 2.49 bits per heavy atom. The Hall–Kier alpha value is -3.85. The Bertz CT molecular complexity index is 1300. The lowest BCUT2D eigenvalue weighted by molar-refractivity contribution is -0.119. The first kappa shape index (κ1) is 24.3. The van der Waals surface area contributed by atoms with Crippen molar-refractivity contribution in [2.45, 2.75) is 39.7 Å². The third-order valence-electron chi connectivity index (χ3n) is 5.79. The van der Waals surface area contributed by atoms with Crippen molar-refractivity contribution in [3.05, 3.63) is 70.1 Å². The van der Waals surface area contributed by atoms with Crippen LogP contribution in [0.25, 0.3) is 11.3 Å². The summed E-state index contributed by atoms with van der Waals surface area (Å²) >= 11 is 1.33. The minimum atomic E-state index is -0.313. The van der Waals surface area contributed by atoms with Crippen LogP contribution in [0.4, 0.5) is 5.13 Å². The number of nitrogens with zero attached hydrogens (tertiary/aromatic N) is 2. The molecular weight excluding hydrogens is 464 g/mol. The molecule has 0 saturated carbocycles. The van der Waals surface area contributed by atoms with Crippen LogP contribution in [0.1, 0.15) is 64.6 Å². The summed E-state index contributed by atoms with van der Waals surface area (Å²) in [4.78, 5) is 54.4. The predicted molar refractivity (Wildman–Crippen MR) is 134 cm³/mol. The standard InChI is InChI=1S/C26H26N4O4S/c1-15-6-11-20-21(13-15)25(34)30(24(20)33)12-4-5-23(32)29-26-28-22(14-35-26)19-9-7-18(8-10-19)16(2)27-17(3)31/h6-11,13-14,16H,4-5,12H2,1-3H3,(H,27,31)(H,28,29,32). The summed E-state index contributed by atoms with van der Waals surface area (Å²) < 4.78 is 0. The van der Waals surface area contributed by atoms with Crippen LogP contribution in [0.2, 0.25) is 0 Å². The molecule has 0 radical (unpaired) electrons. The van der Waals surface area contributed by atoms with Gasteiger partial charge in [0.2, 0.25) is 11.8 Å². The molecule has 1 unspecified atom stereocenters. The monoisotopic (exact) mass is 490 g/mol. The molecule has 0 bridgehead atoms. The zero-order valence-electron chi connectivity index (χ0n) is 19.8. The number of amides is 4. The number of hydrogen-bond donors (Lipinski definition) is 2. The van der Waals surface area contributed by atoms with E-state index in [-0.39, 0.29) is 42.6 Å². The SMILES string of the molecule is CC(=O)NC(C)c1ccc(-c2csc(NC(=O)CCCN3C(=O)c4ccc(C)cc4C3=O)n2)cc1. The van der Waals surface area contributed by atoms with Crippen molar-refractivity contribution >= 4 is 40.1 Å². The first-order valence-corrected chi connectivity index (χ1v) is 12.2. The highest BCUT2D eigenvalue weighted by Crippen LogP contribution is 2.27. The van der Waals surface area contributed by atoms with Crippen molar-refractivity contribution in [3.63, 3.8) is 0 Å². The Kier molecular flexibility index (Phi) is 7.07. The molecule has 8 nitrogen and oxygen atoms in total. The zero-order valence-corrected chi connectivity index (χ0v) is 20.6. The van der Waals surface area contributed by atoms with Gasteiger partial charge in [-0.1, -0.05) is 35.9 Å². The van der Waals surface area contributed by atoms with Crippen molar-refractivity contribution in [3.8, 4) is 11.3 Å². The van der Waals surface area contributed by atoms with Gasteiger partial charge in [-0.3, -0.25) is 24.1 Å². The van der Waals surface area contributed by atoms with Gasteiger partial charge >= 0.3 is 0 Å². The van der Waals surface area contributed by atoms with Gasteiger partial charge in [0.25, 0.3) is 11.8 Å². The van der Waals surface area contributed by atoms with E-state index >= 15 is 0 Å². The van der Waals surface area contributed by atoms with Gasteiger partial charge in [0, 0.05) is 30.8 Å². The molecule has 0 spiro atoms. The number of carbonyl (C=O) groups excluding carboxylic acids is 4. The largest absolute Gasteiger partial charge is 0.350 e. The number of hydrogen-bond acceptors (Lipinski definition) is 6. The second-order valence-corrected chi connectivity index (χ2v) is 9.40.